The van der Waals surface area contributed by atoms with Gasteiger partial charge in [0.1, 0.15) is 5.82 Å². The van der Waals surface area contributed by atoms with Crippen molar-refractivity contribution in [3.05, 3.63) is 34.6 Å². The first-order chi connectivity index (χ1) is 9.76. The van der Waals surface area contributed by atoms with Crippen LogP contribution in [-0.2, 0) is 5.41 Å². The molecule has 0 fully saturated rings. The van der Waals surface area contributed by atoms with Crippen molar-refractivity contribution < 1.29 is 13.2 Å². The van der Waals surface area contributed by atoms with Crippen molar-refractivity contribution >= 4 is 41.5 Å². The summed E-state index contributed by atoms with van der Waals surface area (Å²) in [5.41, 5.74) is 0.343. The molecule has 0 aromatic heterocycles. The molecule has 0 amide bonds. The minimum Gasteiger partial charge on any atom is -0.356 e. The molecule has 0 saturated heterocycles. The SMILES string of the molecule is CN=C(NCC(F)F)NCC(C)(C)c1ccc(F)cc1Cl.I. The van der Waals surface area contributed by atoms with Crippen LogP contribution in [0.3, 0.4) is 0 Å². The average Bonchev–Trinajstić information content (AvgIpc) is 2.38. The number of halogens is 5. The fourth-order valence-electron chi connectivity index (χ4n) is 1.83. The highest BCUT2D eigenvalue weighted by molar-refractivity contribution is 14.0. The zero-order valence-corrected chi connectivity index (χ0v) is 15.7. The smallest absolute Gasteiger partial charge is 0.255 e. The zero-order chi connectivity index (χ0) is 16.0. The third-order valence-corrected chi connectivity index (χ3v) is 3.32. The summed E-state index contributed by atoms with van der Waals surface area (Å²) < 4.78 is 37.4. The summed E-state index contributed by atoms with van der Waals surface area (Å²) in [5, 5.41) is 5.80. The molecule has 0 aliphatic heterocycles. The Hall–Kier alpha value is -0.700. The van der Waals surface area contributed by atoms with Crippen LogP contribution in [0.4, 0.5) is 13.2 Å². The first kappa shape index (κ1) is 21.3. The second-order valence-electron chi connectivity index (χ2n) is 5.21. The highest BCUT2D eigenvalue weighted by atomic mass is 127. The van der Waals surface area contributed by atoms with Gasteiger partial charge in [-0.1, -0.05) is 31.5 Å². The van der Waals surface area contributed by atoms with Crippen LogP contribution < -0.4 is 10.6 Å². The number of hydrogen-bond donors (Lipinski definition) is 2. The quantitative estimate of drug-likeness (QED) is 0.408. The number of hydrogen-bond acceptors (Lipinski definition) is 1. The largest absolute Gasteiger partial charge is 0.356 e. The van der Waals surface area contributed by atoms with Crippen LogP contribution in [0.2, 0.25) is 5.02 Å². The van der Waals surface area contributed by atoms with E-state index in [1.54, 1.807) is 6.07 Å². The molecule has 126 valence electrons. The summed E-state index contributed by atoms with van der Waals surface area (Å²) in [6, 6.07) is 4.21. The lowest BCUT2D eigenvalue weighted by atomic mass is 9.84. The van der Waals surface area contributed by atoms with Crippen molar-refractivity contribution in [2.75, 3.05) is 20.1 Å². The lowest BCUT2D eigenvalue weighted by Gasteiger charge is -2.27. The van der Waals surface area contributed by atoms with Gasteiger partial charge in [0.15, 0.2) is 5.96 Å². The van der Waals surface area contributed by atoms with E-state index in [9.17, 15) is 13.2 Å². The molecule has 1 rings (SSSR count). The summed E-state index contributed by atoms with van der Waals surface area (Å²) in [6.45, 7) is 3.76. The molecule has 0 unspecified atom stereocenters. The minimum atomic E-state index is -2.46. The lowest BCUT2D eigenvalue weighted by molar-refractivity contribution is 0.152. The van der Waals surface area contributed by atoms with E-state index in [0.717, 1.165) is 5.56 Å². The number of nitrogens with one attached hydrogen (secondary N) is 2. The van der Waals surface area contributed by atoms with Crippen LogP contribution in [0.25, 0.3) is 0 Å². The van der Waals surface area contributed by atoms with Gasteiger partial charge in [-0.25, -0.2) is 13.2 Å². The van der Waals surface area contributed by atoms with Gasteiger partial charge >= 0.3 is 0 Å². The Labute approximate surface area is 150 Å². The molecule has 3 nitrogen and oxygen atoms in total. The Morgan fingerprint density at radius 3 is 2.45 bits per heavy atom. The van der Waals surface area contributed by atoms with Gasteiger partial charge in [-0.3, -0.25) is 4.99 Å². The Morgan fingerprint density at radius 2 is 1.95 bits per heavy atom. The molecule has 0 saturated carbocycles. The molecule has 0 spiro atoms. The monoisotopic (exact) mass is 449 g/mol. The van der Waals surface area contributed by atoms with E-state index in [2.05, 4.69) is 15.6 Å². The molecule has 0 heterocycles. The maximum atomic E-state index is 13.1. The molecule has 2 N–H and O–H groups in total. The predicted molar refractivity (Wildman–Crippen MR) is 95.2 cm³/mol. The van der Waals surface area contributed by atoms with Crippen LogP contribution in [0.15, 0.2) is 23.2 Å². The molecule has 0 atom stereocenters. The van der Waals surface area contributed by atoms with Crippen LogP contribution in [0.5, 0.6) is 0 Å². The zero-order valence-electron chi connectivity index (χ0n) is 12.6. The first-order valence-electron chi connectivity index (χ1n) is 6.44. The second kappa shape index (κ2) is 9.44. The normalized spacial score (nSPS) is 12.1. The fourth-order valence-corrected chi connectivity index (χ4v) is 2.26. The van der Waals surface area contributed by atoms with E-state index in [-0.39, 0.29) is 29.9 Å². The van der Waals surface area contributed by atoms with Gasteiger partial charge in [0.05, 0.1) is 6.54 Å². The molecule has 0 aliphatic carbocycles. The summed E-state index contributed by atoms with van der Waals surface area (Å²) >= 11 is 6.05. The van der Waals surface area contributed by atoms with Crippen molar-refractivity contribution in [3.63, 3.8) is 0 Å². The van der Waals surface area contributed by atoms with Crippen molar-refractivity contribution in [3.8, 4) is 0 Å². The summed E-state index contributed by atoms with van der Waals surface area (Å²) in [5.74, 6) is -0.122. The van der Waals surface area contributed by atoms with E-state index in [1.807, 2.05) is 13.8 Å². The van der Waals surface area contributed by atoms with Gasteiger partial charge in [0.2, 0.25) is 0 Å². The van der Waals surface area contributed by atoms with Crippen LogP contribution in [0.1, 0.15) is 19.4 Å². The summed E-state index contributed by atoms with van der Waals surface area (Å²) in [7, 11) is 1.50. The standard InChI is InChI=1S/C14H19ClF3N3.HI/c1-14(2,10-5-4-9(16)6-11(10)15)8-21-13(19-3)20-7-12(17)18;/h4-6,12H,7-8H2,1-3H3,(H2,19,20,21);1H. The highest BCUT2D eigenvalue weighted by Crippen LogP contribution is 2.29. The van der Waals surface area contributed by atoms with Crippen LogP contribution >= 0.6 is 35.6 Å². The molecule has 1 aromatic carbocycles. The van der Waals surface area contributed by atoms with Gasteiger partial charge in [0.25, 0.3) is 6.43 Å². The van der Waals surface area contributed by atoms with Gasteiger partial charge in [-0.05, 0) is 17.7 Å². The first-order valence-corrected chi connectivity index (χ1v) is 6.82. The molecular weight excluding hydrogens is 430 g/mol. The van der Waals surface area contributed by atoms with E-state index in [1.165, 1.54) is 19.2 Å². The number of aliphatic imine (C=N–C) groups is 1. The van der Waals surface area contributed by atoms with Gasteiger partial charge < -0.3 is 10.6 Å². The molecule has 22 heavy (non-hydrogen) atoms. The topological polar surface area (TPSA) is 36.4 Å². The third-order valence-electron chi connectivity index (χ3n) is 3.01. The fraction of sp³-hybridized carbons (Fsp3) is 0.500. The Kier molecular flexibility index (Phi) is 9.14. The Bertz CT molecular complexity index is 510. The van der Waals surface area contributed by atoms with Crippen LogP contribution in [-0.4, -0.2) is 32.5 Å². The molecular formula is C14H20ClF3IN3. The van der Waals surface area contributed by atoms with Gasteiger partial charge in [-0.15, -0.1) is 24.0 Å². The maximum absolute atomic E-state index is 13.1. The minimum absolute atomic E-state index is 0. The molecule has 8 heteroatoms. The molecule has 0 aliphatic rings. The third kappa shape index (κ3) is 6.60. The van der Waals surface area contributed by atoms with Crippen molar-refractivity contribution in [2.24, 2.45) is 4.99 Å². The summed E-state index contributed by atoms with van der Waals surface area (Å²) in [6.07, 6.45) is -2.46. The number of nitrogens with zero attached hydrogens (tertiary/aromatic N) is 1. The van der Waals surface area contributed by atoms with Gasteiger partial charge in [0, 0.05) is 24.0 Å². The van der Waals surface area contributed by atoms with Crippen molar-refractivity contribution in [1.82, 2.24) is 10.6 Å². The van der Waals surface area contributed by atoms with E-state index >= 15 is 0 Å². The van der Waals surface area contributed by atoms with E-state index in [4.69, 9.17) is 11.6 Å². The molecule has 1 aromatic rings. The van der Waals surface area contributed by atoms with Crippen molar-refractivity contribution in [2.45, 2.75) is 25.7 Å². The molecule has 0 bridgehead atoms. The highest BCUT2D eigenvalue weighted by Gasteiger charge is 2.24. The maximum Gasteiger partial charge on any atom is 0.255 e. The second-order valence-corrected chi connectivity index (χ2v) is 5.61. The number of benzene rings is 1. The predicted octanol–water partition coefficient (Wildman–Crippen LogP) is 3.80. The number of rotatable bonds is 5. The Balaban J connectivity index is 0.00000441. The number of alkyl halides is 2. The van der Waals surface area contributed by atoms with E-state index in [0.29, 0.717) is 11.6 Å². The van der Waals surface area contributed by atoms with Crippen LogP contribution in [0, 0.1) is 5.82 Å². The van der Waals surface area contributed by atoms with Gasteiger partial charge in [-0.2, -0.15) is 0 Å². The molecule has 0 radical (unpaired) electrons. The van der Waals surface area contributed by atoms with E-state index < -0.39 is 24.2 Å². The summed E-state index contributed by atoms with van der Waals surface area (Å²) in [4.78, 5) is 3.86. The Morgan fingerprint density at radius 1 is 1.32 bits per heavy atom. The van der Waals surface area contributed by atoms with Crippen molar-refractivity contribution in [1.29, 1.82) is 0 Å². The average molecular weight is 450 g/mol. The number of guanidine groups is 1. The lowest BCUT2D eigenvalue weighted by Crippen LogP contribution is -2.44.